The maximum Gasteiger partial charge on any atom is 0.333 e. The van der Waals surface area contributed by atoms with E-state index >= 15 is 0 Å². The molecule has 3 N–H and O–H groups in total. The lowest BCUT2D eigenvalue weighted by atomic mass is 9.96. The van der Waals surface area contributed by atoms with Crippen LogP contribution in [0.25, 0.3) is 22.2 Å². The van der Waals surface area contributed by atoms with Gasteiger partial charge in [-0.05, 0) is 37.1 Å². The van der Waals surface area contributed by atoms with Gasteiger partial charge in [0, 0.05) is 29.4 Å². The summed E-state index contributed by atoms with van der Waals surface area (Å²) in [7, 11) is 0. The first-order valence-corrected chi connectivity index (χ1v) is 9.88. The first-order chi connectivity index (χ1) is 14.2. The zero-order chi connectivity index (χ0) is 20.1. The van der Waals surface area contributed by atoms with E-state index in [1.807, 2.05) is 36.4 Å². The lowest BCUT2D eigenvalue weighted by Gasteiger charge is -2.22. The number of carbonyl (C=O) groups is 2. The van der Waals surface area contributed by atoms with Crippen molar-refractivity contribution in [2.24, 2.45) is 0 Å². The molecule has 2 heterocycles. The molecule has 7 heteroatoms. The van der Waals surface area contributed by atoms with E-state index in [2.05, 4.69) is 26.1 Å². The predicted octanol–water partition coefficient (Wildman–Crippen LogP) is 3.57. The number of pyridine rings is 2. The second-order valence-corrected chi connectivity index (χ2v) is 7.20. The molecule has 3 amide bonds. The summed E-state index contributed by atoms with van der Waals surface area (Å²) >= 11 is 0. The van der Waals surface area contributed by atoms with Crippen molar-refractivity contribution in [3.05, 3.63) is 60.4 Å². The zero-order valence-electron chi connectivity index (χ0n) is 16.0. The van der Waals surface area contributed by atoms with E-state index < -0.39 is 11.9 Å². The van der Waals surface area contributed by atoms with Crippen LogP contribution in [0.15, 0.2) is 54.9 Å². The molecule has 3 aromatic rings. The molecular formula is C22H23N5O2. The molecule has 0 atom stereocenters. The molecule has 4 rings (SSSR count). The zero-order valence-corrected chi connectivity index (χ0v) is 16.0. The van der Waals surface area contributed by atoms with Gasteiger partial charge in [-0.3, -0.25) is 15.2 Å². The highest BCUT2D eigenvalue weighted by Gasteiger charge is 2.17. The Kier molecular flexibility index (Phi) is 5.65. The average molecular weight is 389 g/mol. The maximum atomic E-state index is 12.8. The molecule has 0 saturated heterocycles. The number of hydrogen-bond donors (Lipinski definition) is 3. The summed E-state index contributed by atoms with van der Waals surface area (Å²) in [6.45, 7) is 0. The van der Waals surface area contributed by atoms with E-state index in [-0.39, 0.29) is 6.04 Å². The number of nitrogens with one attached hydrogen (secondary N) is 3. The summed E-state index contributed by atoms with van der Waals surface area (Å²) in [6, 6.07) is 12.6. The van der Waals surface area contributed by atoms with E-state index in [4.69, 9.17) is 0 Å². The summed E-state index contributed by atoms with van der Waals surface area (Å²) < 4.78 is 0. The minimum Gasteiger partial charge on any atom is -0.334 e. The van der Waals surface area contributed by atoms with Crippen molar-refractivity contribution < 1.29 is 9.59 Å². The molecule has 0 aliphatic heterocycles. The van der Waals surface area contributed by atoms with Crippen molar-refractivity contribution in [1.29, 1.82) is 0 Å². The van der Waals surface area contributed by atoms with Gasteiger partial charge >= 0.3 is 6.03 Å². The van der Waals surface area contributed by atoms with E-state index in [9.17, 15) is 9.59 Å². The topological polar surface area (TPSA) is 96.0 Å². The predicted molar refractivity (Wildman–Crippen MR) is 111 cm³/mol. The van der Waals surface area contributed by atoms with Crippen molar-refractivity contribution in [2.75, 3.05) is 0 Å². The number of benzene rings is 1. The SMILES string of the molecule is O=C(NNC(=O)c1cc(-c2cccnc2)nc2ccccc12)NC1CCCCC1. The van der Waals surface area contributed by atoms with Gasteiger partial charge < -0.3 is 5.32 Å². The molecule has 1 saturated carbocycles. The third-order valence-corrected chi connectivity index (χ3v) is 5.15. The largest absolute Gasteiger partial charge is 0.334 e. The molecule has 0 radical (unpaired) electrons. The summed E-state index contributed by atoms with van der Waals surface area (Å²) in [6.07, 6.45) is 8.80. The average Bonchev–Trinajstić information content (AvgIpc) is 2.78. The van der Waals surface area contributed by atoms with Crippen LogP contribution in [-0.2, 0) is 0 Å². The van der Waals surface area contributed by atoms with E-state index in [1.165, 1.54) is 6.42 Å². The molecule has 148 valence electrons. The molecule has 1 aliphatic carbocycles. The number of carbonyl (C=O) groups excluding carboxylic acids is 2. The van der Waals surface area contributed by atoms with Crippen LogP contribution in [0.5, 0.6) is 0 Å². The Balaban J connectivity index is 1.52. The highest BCUT2D eigenvalue weighted by atomic mass is 16.2. The monoisotopic (exact) mass is 389 g/mol. The number of fused-ring (bicyclic) bond motifs is 1. The van der Waals surface area contributed by atoms with Crippen molar-refractivity contribution in [3.8, 4) is 11.3 Å². The Hall–Kier alpha value is -3.48. The van der Waals surface area contributed by atoms with Crippen LogP contribution < -0.4 is 16.2 Å². The van der Waals surface area contributed by atoms with Gasteiger partial charge in [-0.15, -0.1) is 0 Å². The fourth-order valence-electron chi connectivity index (χ4n) is 3.67. The lowest BCUT2D eigenvalue weighted by molar-refractivity contribution is 0.0937. The van der Waals surface area contributed by atoms with Crippen LogP contribution in [0.1, 0.15) is 42.5 Å². The summed E-state index contributed by atoms with van der Waals surface area (Å²) in [5.41, 5.74) is 7.58. The summed E-state index contributed by atoms with van der Waals surface area (Å²) in [5.74, 6) is -0.396. The third-order valence-electron chi connectivity index (χ3n) is 5.15. The number of para-hydroxylation sites is 1. The Morgan fingerprint density at radius 2 is 1.79 bits per heavy atom. The van der Waals surface area contributed by atoms with Gasteiger partial charge in [-0.1, -0.05) is 37.5 Å². The van der Waals surface area contributed by atoms with Crippen LogP contribution in [-0.4, -0.2) is 27.9 Å². The Labute approximate surface area is 168 Å². The smallest absolute Gasteiger partial charge is 0.333 e. The van der Waals surface area contributed by atoms with Gasteiger partial charge in [0.25, 0.3) is 5.91 Å². The highest BCUT2D eigenvalue weighted by molar-refractivity contribution is 6.07. The van der Waals surface area contributed by atoms with Gasteiger partial charge in [-0.2, -0.15) is 0 Å². The van der Waals surface area contributed by atoms with Crippen molar-refractivity contribution in [1.82, 2.24) is 26.1 Å². The normalized spacial score (nSPS) is 14.3. The maximum absolute atomic E-state index is 12.8. The number of amides is 3. The highest BCUT2D eigenvalue weighted by Crippen LogP contribution is 2.24. The van der Waals surface area contributed by atoms with Gasteiger partial charge in [0.2, 0.25) is 0 Å². The number of nitrogens with zero attached hydrogens (tertiary/aromatic N) is 2. The first-order valence-electron chi connectivity index (χ1n) is 9.88. The van der Waals surface area contributed by atoms with Crippen LogP contribution >= 0.6 is 0 Å². The third kappa shape index (κ3) is 4.51. The molecule has 1 fully saturated rings. The van der Waals surface area contributed by atoms with Gasteiger partial charge in [-0.25, -0.2) is 15.2 Å². The van der Waals surface area contributed by atoms with E-state index in [1.54, 1.807) is 18.5 Å². The lowest BCUT2D eigenvalue weighted by Crippen LogP contribution is -2.50. The molecule has 0 unspecified atom stereocenters. The molecule has 1 aromatic carbocycles. The van der Waals surface area contributed by atoms with Crippen LogP contribution in [0.3, 0.4) is 0 Å². The summed E-state index contributed by atoms with van der Waals surface area (Å²) in [5, 5.41) is 3.63. The second kappa shape index (κ2) is 8.68. The van der Waals surface area contributed by atoms with Crippen molar-refractivity contribution in [3.63, 3.8) is 0 Å². The number of urea groups is 1. The van der Waals surface area contributed by atoms with Crippen molar-refractivity contribution in [2.45, 2.75) is 38.1 Å². The quantitative estimate of drug-likeness (QED) is 0.597. The molecule has 2 aromatic heterocycles. The van der Waals surface area contributed by atoms with Crippen LogP contribution in [0.4, 0.5) is 4.79 Å². The molecular weight excluding hydrogens is 366 g/mol. The molecule has 29 heavy (non-hydrogen) atoms. The Bertz CT molecular complexity index is 1020. The molecule has 1 aliphatic rings. The number of rotatable bonds is 3. The fourth-order valence-corrected chi connectivity index (χ4v) is 3.67. The molecule has 7 nitrogen and oxygen atoms in total. The number of hydrogen-bond acceptors (Lipinski definition) is 4. The van der Waals surface area contributed by atoms with Crippen molar-refractivity contribution >= 4 is 22.8 Å². The second-order valence-electron chi connectivity index (χ2n) is 7.20. The first kappa shape index (κ1) is 18.9. The number of hydrazine groups is 1. The number of aromatic nitrogens is 2. The minimum atomic E-state index is -0.396. The minimum absolute atomic E-state index is 0.166. The Morgan fingerprint density at radius 1 is 0.966 bits per heavy atom. The summed E-state index contributed by atoms with van der Waals surface area (Å²) in [4.78, 5) is 33.7. The van der Waals surface area contributed by atoms with Gasteiger partial charge in [0.1, 0.15) is 0 Å². The van der Waals surface area contributed by atoms with Crippen LogP contribution in [0.2, 0.25) is 0 Å². The van der Waals surface area contributed by atoms with E-state index in [0.29, 0.717) is 22.2 Å². The standard InChI is InChI=1S/C22H23N5O2/c28-21(26-27-22(29)24-16-8-2-1-3-9-16)18-13-20(15-7-6-12-23-14-15)25-19-11-5-4-10-17(18)19/h4-7,10-14,16H,1-3,8-9H2,(H,26,28)(H2,24,27,29). The van der Waals surface area contributed by atoms with Gasteiger partial charge in [0.05, 0.1) is 16.8 Å². The Morgan fingerprint density at radius 3 is 2.59 bits per heavy atom. The van der Waals surface area contributed by atoms with E-state index in [0.717, 1.165) is 31.2 Å². The van der Waals surface area contributed by atoms with Crippen LogP contribution in [0, 0.1) is 0 Å². The molecule has 0 bridgehead atoms. The fraction of sp³-hybridized carbons (Fsp3) is 0.273. The molecule has 0 spiro atoms. The van der Waals surface area contributed by atoms with Gasteiger partial charge in [0.15, 0.2) is 0 Å².